The number of rotatable bonds is 10. The first-order valence-corrected chi connectivity index (χ1v) is 24.2. The molecule has 3 amide bonds. The summed E-state index contributed by atoms with van der Waals surface area (Å²) < 4.78 is 37.2. The fourth-order valence-corrected chi connectivity index (χ4v) is 9.84. The Labute approximate surface area is 405 Å². The predicted octanol–water partition coefficient (Wildman–Crippen LogP) is 6.94. The molecule has 70 heavy (non-hydrogen) atoms. The lowest BCUT2D eigenvalue weighted by Gasteiger charge is -2.32. The number of hydrogen-bond acceptors (Lipinski definition) is 9. The highest BCUT2D eigenvalue weighted by Gasteiger charge is 2.33. The molecule has 6 aromatic rings. The summed E-state index contributed by atoms with van der Waals surface area (Å²) in [4.78, 5) is 63.5. The number of halogens is 2. The van der Waals surface area contributed by atoms with E-state index in [2.05, 4.69) is 15.3 Å². The number of nitrogens with zero attached hydrogens (tertiary/aromatic N) is 3. The fraction of sp³-hybridized carbons (Fsp3) is 0.407. The van der Waals surface area contributed by atoms with Gasteiger partial charge in [-0.15, -0.1) is 0 Å². The van der Waals surface area contributed by atoms with Gasteiger partial charge in [0.15, 0.2) is 0 Å². The molecule has 0 radical (unpaired) electrons. The highest BCUT2D eigenvalue weighted by Crippen LogP contribution is 2.32. The summed E-state index contributed by atoms with van der Waals surface area (Å²) in [7, 11) is 3.08. The number of ketones is 1. The van der Waals surface area contributed by atoms with E-state index in [9.17, 15) is 33.1 Å². The van der Waals surface area contributed by atoms with Crippen molar-refractivity contribution >= 4 is 45.3 Å². The number of aliphatic hydroxyl groups excluding tert-OH is 2. The summed E-state index contributed by atoms with van der Waals surface area (Å²) in [6, 6.07) is 22.3. The lowest BCUT2D eigenvalue weighted by Crippen LogP contribution is -2.39. The van der Waals surface area contributed by atoms with Crippen molar-refractivity contribution in [1.82, 2.24) is 30.0 Å². The Morgan fingerprint density at radius 2 is 1.14 bits per heavy atom. The van der Waals surface area contributed by atoms with Gasteiger partial charge in [0.2, 0.25) is 0 Å². The molecule has 14 nitrogen and oxygen atoms in total. The Kier molecular flexibility index (Phi) is 16.3. The fourth-order valence-electron chi connectivity index (χ4n) is 9.84. The summed E-state index contributed by atoms with van der Waals surface area (Å²) in [6.45, 7) is 4.89. The average Bonchev–Trinajstić information content (AvgIpc) is 4.23. The Bertz CT molecular complexity index is 2750. The number of amides is 3. The molecule has 0 aliphatic carbocycles. The molecule has 6 heterocycles. The number of fused-ring (bicyclic) bond motifs is 2. The van der Waals surface area contributed by atoms with Gasteiger partial charge in [0.25, 0.3) is 23.5 Å². The number of nitrogens with one attached hydrogen (secondary N) is 3. The zero-order chi connectivity index (χ0) is 49.3. The minimum absolute atomic E-state index is 0.0233. The molecule has 4 aliphatic heterocycles. The smallest absolute Gasteiger partial charge is 0.295 e. The number of methoxy groups -OCH3 is 2. The van der Waals surface area contributed by atoms with Gasteiger partial charge >= 0.3 is 0 Å². The average molecular weight is 961 g/mol. The minimum Gasteiger partial charge on any atom is -0.496 e. The van der Waals surface area contributed by atoms with Crippen molar-refractivity contribution in [2.45, 2.75) is 63.6 Å². The van der Waals surface area contributed by atoms with Gasteiger partial charge in [0.05, 0.1) is 43.1 Å². The van der Waals surface area contributed by atoms with E-state index in [1.165, 1.54) is 42.5 Å². The number of aromatic nitrogens is 2. The van der Waals surface area contributed by atoms with Crippen molar-refractivity contribution in [2.75, 3.05) is 66.6 Å². The van der Waals surface area contributed by atoms with Crippen LogP contribution in [0.2, 0.25) is 0 Å². The standard InChI is InChI=1S/C28H30FN3O5.C22H23FN2O2.C4H9NO/c1-37-25-14-24-21(23(15-30-24)26(34)28(36)32-11-8-20(33)16-32)13-22(25)27(35)31-9-6-18(7-10-31)12-17-2-4-19(29)5-3-17;1-27-21-14-20-17(6-9-24-20)13-19(21)22(26)25-10-7-16(8-11-25)12-15-2-4-18(23)5-3-15;6-4-1-2-5-3-4/h2-5,13-15,18,20,30,33H,6-12,16H2,1H3;2-6,9,13-14,16,24H,7-8,10-12H2,1H3;4-6H,1-3H2/t20-;;4-/m1.1/s1. The lowest BCUT2D eigenvalue weighted by atomic mass is 9.90. The maximum absolute atomic E-state index is 13.5. The van der Waals surface area contributed by atoms with Gasteiger partial charge in [-0.3, -0.25) is 19.2 Å². The number of β-amino-alcohol motifs (C(OH)–C–C–N with tert-alkyl or cyclic N) is 2. The summed E-state index contributed by atoms with van der Waals surface area (Å²) in [5.41, 5.74) is 4.93. The van der Waals surface area contributed by atoms with Crippen molar-refractivity contribution in [3.05, 3.63) is 131 Å². The third-order valence-electron chi connectivity index (χ3n) is 13.9. The molecule has 16 heteroatoms. The number of carbonyl (C=O) groups is 4. The second-order valence-corrected chi connectivity index (χ2v) is 18.7. The van der Waals surface area contributed by atoms with E-state index in [1.807, 2.05) is 41.4 Å². The highest BCUT2D eigenvalue weighted by molar-refractivity contribution is 6.45. The number of aromatic amines is 2. The Balaban J connectivity index is 0.000000174. The number of aliphatic hydroxyl groups is 2. The van der Waals surface area contributed by atoms with Gasteiger partial charge < -0.3 is 49.7 Å². The Morgan fingerprint density at radius 1 is 0.614 bits per heavy atom. The molecule has 5 N–H and O–H groups in total. The summed E-state index contributed by atoms with van der Waals surface area (Å²) in [5, 5.41) is 22.9. The summed E-state index contributed by atoms with van der Waals surface area (Å²) >= 11 is 0. The van der Waals surface area contributed by atoms with Crippen LogP contribution >= 0.6 is 0 Å². The molecule has 2 atom stereocenters. The molecule has 0 saturated carbocycles. The van der Waals surface area contributed by atoms with Crippen molar-refractivity contribution < 1.29 is 47.6 Å². The maximum Gasteiger partial charge on any atom is 0.295 e. The lowest BCUT2D eigenvalue weighted by molar-refractivity contribution is -0.125. The van der Waals surface area contributed by atoms with Crippen LogP contribution in [0.25, 0.3) is 21.8 Å². The third-order valence-corrected chi connectivity index (χ3v) is 13.9. The summed E-state index contributed by atoms with van der Waals surface area (Å²) in [6.07, 6.45) is 9.38. The number of carbonyl (C=O) groups excluding carboxylic acids is 4. The molecule has 10 rings (SSSR count). The van der Waals surface area contributed by atoms with Crippen molar-refractivity contribution in [3.8, 4) is 11.5 Å². The van der Waals surface area contributed by atoms with E-state index >= 15 is 0 Å². The molecule has 370 valence electrons. The zero-order valence-corrected chi connectivity index (χ0v) is 39.7. The molecule has 4 fully saturated rings. The first kappa shape index (κ1) is 49.8. The van der Waals surface area contributed by atoms with E-state index < -0.39 is 17.8 Å². The van der Waals surface area contributed by atoms with Crippen molar-refractivity contribution in [1.29, 1.82) is 0 Å². The number of ether oxygens (including phenoxy) is 2. The van der Waals surface area contributed by atoms with Crippen LogP contribution in [0, 0.1) is 23.5 Å². The number of likely N-dealkylation sites (tertiary alicyclic amines) is 3. The number of Topliss-reactive ketones (excluding diaryl/α,β-unsaturated/α-hetero) is 1. The van der Waals surface area contributed by atoms with E-state index in [0.29, 0.717) is 71.4 Å². The molecule has 0 spiro atoms. The van der Waals surface area contributed by atoms with Crippen LogP contribution in [0.1, 0.15) is 80.7 Å². The van der Waals surface area contributed by atoms with E-state index in [4.69, 9.17) is 14.6 Å². The Morgan fingerprint density at radius 3 is 1.61 bits per heavy atom. The first-order valence-electron chi connectivity index (χ1n) is 24.2. The van der Waals surface area contributed by atoms with Gasteiger partial charge in [-0.1, -0.05) is 24.3 Å². The normalized spacial score (nSPS) is 18.6. The van der Waals surface area contributed by atoms with E-state index in [1.54, 1.807) is 36.3 Å². The SMILES string of the molecule is COc1cc2[nH]cc(C(=O)C(=O)N3CC[C@@H](O)C3)c2cc1C(=O)N1CCC(Cc2ccc(F)cc2)CC1.COc1cc2[nH]ccc2cc1C(=O)N1CCC(Cc2ccc(F)cc2)CC1.O[C@@H]1CCNC1. The van der Waals surface area contributed by atoms with Gasteiger partial charge in [-0.05, 0) is 123 Å². The van der Waals surface area contributed by atoms with Crippen molar-refractivity contribution in [3.63, 3.8) is 0 Å². The number of hydrogen-bond donors (Lipinski definition) is 5. The van der Waals surface area contributed by atoms with Crippen LogP contribution in [0.5, 0.6) is 11.5 Å². The molecule has 4 saturated heterocycles. The first-order chi connectivity index (χ1) is 33.9. The molecule has 2 aromatic heterocycles. The van der Waals surface area contributed by atoms with Crippen LogP contribution in [0.15, 0.2) is 91.3 Å². The predicted molar refractivity (Wildman–Crippen MR) is 262 cm³/mol. The van der Waals surface area contributed by atoms with Gasteiger partial charge in [0, 0.05) is 92.1 Å². The topological polar surface area (TPSA) is 181 Å². The largest absolute Gasteiger partial charge is 0.496 e. The number of benzene rings is 4. The van der Waals surface area contributed by atoms with Gasteiger partial charge in [0.1, 0.15) is 23.1 Å². The summed E-state index contributed by atoms with van der Waals surface area (Å²) in [5.74, 6) is -0.0349. The number of H-pyrrole nitrogens is 2. The molecule has 4 aromatic carbocycles. The van der Waals surface area contributed by atoms with Crippen LogP contribution in [-0.2, 0) is 17.6 Å². The van der Waals surface area contributed by atoms with Crippen LogP contribution < -0.4 is 14.8 Å². The highest BCUT2D eigenvalue weighted by atomic mass is 19.1. The van der Waals surface area contributed by atoms with E-state index in [0.717, 1.165) is 93.2 Å². The number of piperidine rings is 2. The molecule has 4 aliphatic rings. The quantitative estimate of drug-likeness (QED) is 0.0719. The second-order valence-electron chi connectivity index (χ2n) is 18.7. The van der Waals surface area contributed by atoms with Gasteiger partial charge in [-0.25, -0.2) is 8.78 Å². The second kappa shape index (κ2) is 22.9. The van der Waals surface area contributed by atoms with Crippen LogP contribution in [0.3, 0.4) is 0 Å². The van der Waals surface area contributed by atoms with Crippen LogP contribution in [0.4, 0.5) is 8.78 Å². The Hall–Kier alpha value is -6.62. The third kappa shape index (κ3) is 12.0. The van der Waals surface area contributed by atoms with Crippen LogP contribution in [-0.4, -0.2) is 137 Å². The molecule has 0 unspecified atom stereocenters. The zero-order valence-electron chi connectivity index (χ0n) is 39.7. The minimum atomic E-state index is -0.675. The van der Waals surface area contributed by atoms with Gasteiger partial charge in [-0.2, -0.15) is 0 Å². The maximum atomic E-state index is 13.5. The molecular formula is C54H62F2N6O8. The molecular weight excluding hydrogens is 899 g/mol. The monoisotopic (exact) mass is 960 g/mol. The molecule has 0 bridgehead atoms. The van der Waals surface area contributed by atoms with Crippen molar-refractivity contribution in [2.24, 2.45) is 11.8 Å². The van der Waals surface area contributed by atoms with E-state index in [-0.39, 0.29) is 41.7 Å².